The molecule has 1 N–H and O–H groups in total. The molecular weight excluding hydrogens is 242 g/mol. The van der Waals surface area contributed by atoms with Crippen LogP contribution in [-0.2, 0) is 0 Å². The van der Waals surface area contributed by atoms with E-state index in [9.17, 15) is 4.79 Å². The van der Waals surface area contributed by atoms with Crippen LogP contribution in [0, 0.1) is 12.8 Å². The smallest absolute Gasteiger partial charge is 0.291 e. The molecule has 0 radical (unpaired) electrons. The minimum atomic E-state index is -0.00213. The number of amides is 1. The van der Waals surface area contributed by atoms with Crippen LogP contribution in [0.1, 0.15) is 41.9 Å². The molecular formula is C14H21N3O2. The van der Waals surface area contributed by atoms with Gasteiger partial charge in [0.1, 0.15) is 0 Å². The topological polar surface area (TPSA) is 58.4 Å². The monoisotopic (exact) mass is 263 g/mol. The van der Waals surface area contributed by atoms with E-state index in [1.54, 1.807) is 0 Å². The maximum Gasteiger partial charge on any atom is 0.291 e. The van der Waals surface area contributed by atoms with Gasteiger partial charge < -0.3 is 14.6 Å². The molecule has 104 valence electrons. The third kappa shape index (κ3) is 2.52. The van der Waals surface area contributed by atoms with E-state index in [2.05, 4.69) is 10.3 Å². The highest BCUT2D eigenvalue weighted by atomic mass is 16.3. The number of carbonyl (C=O) groups is 1. The van der Waals surface area contributed by atoms with Crippen molar-refractivity contribution < 1.29 is 9.21 Å². The van der Waals surface area contributed by atoms with E-state index in [4.69, 9.17) is 4.42 Å². The molecule has 5 heteroatoms. The van der Waals surface area contributed by atoms with Gasteiger partial charge in [0.2, 0.25) is 5.76 Å². The number of rotatable bonds is 2. The second-order valence-corrected chi connectivity index (χ2v) is 5.62. The maximum absolute atomic E-state index is 12.4. The molecule has 2 aliphatic rings. The molecule has 5 nitrogen and oxygen atoms in total. The molecule has 2 atom stereocenters. The van der Waals surface area contributed by atoms with Gasteiger partial charge in [-0.25, -0.2) is 4.98 Å². The molecule has 0 saturated carbocycles. The highest BCUT2D eigenvalue weighted by molar-refractivity contribution is 5.92. The molecule has 2 saturated heterocycles. The van der Waals surface area contributed by atoms with E-state index in [0.29, 0.717) is 23.4 Å². The summed E-state index contributed by atoms with van der Waals surface area (Å²) in [6.45, 7) is 4.62. The van der Waals surface area contributed by atoms with Crippen LogP contribution in [0.25, 0.3) is 0 Å². The summed E-state index contributed by atoms with van der Waals surface area (Å²) in [5.41, 5.74) is 0.686. The lowest BCUT2D eigenvalue weighted by atomic mass is 9.89. The summed E-state index contributed by atoms with van der Waals surface area (Å²) in [7, 11) is 0. The van der Waals surface area contributed by atoms with Crippen LogP contribution in [0.4, 0.5) is 0 Å². The van der Waals surface area contributed by atoms with Crippen molar-refractivity contribution in [1.82, 2.24) is 15.2 Å². The molecule has 2 aliphatic heterocycles. The molecule has 1 aromatic rings. The van der Waals surface area contributed by atoms with E-state index in [1.165, 1.54) is 25.7 Å². The standard InChI is InChI=1S/C14H21N3O2/c1-10-13(19-9-16-10)14(18)17-7-3-4-11(8-17)12-5-2-6-15-12/h9,11-12,15H,2-8H2,1H3. The summed E-state index contributed by atoms with van der Waals surface area (Å²) >= 11 is 0. The van der Waals surface area contributed by atoms with Gasteiger partial charge in [-0.05, 0) is 45.1 Å². The molecule has 19 heavy (non-hydrogen) atoms. The summed E-state index contributed by atoms with van der Waals surface area (Å²) in [6, 6.07) is 0.589. The quantitative estimate of drug-likeness (QED) is 0.880. The van der Waals surface area contributed by atoms with Gasteiger partial charge in [0, 0.05) is 19.1 Å². The van der Waals surface area contributed by atoms with Gasteiger partial charge in [-0.15, -0.1) is 0 Å². The normalized spacial score (nSPS) is 27.7. The molecule has 3 rings (SSSR count). The van der Waals surface area contributed by atoms with Gasteiger partial charge in [0.25, 0.3) is 5.91 Å². The number of nitrogens with one attached hydrogen (secondary N) is 1. The zero-order valence-electron chi connectivity index (χ0n) is 11.4. The van der Waals surface area contributed by atoms with Crippen molar-refractivity contribution in [3.8, 4) is 0 Å². The van der Waals surface area contributed by atoms with Crippen molar-refractivity contribution in [1.29, 1.82) is 0 Å². The van der Waals surface area contributed by atoms with Gasteiger partial charge >= 0.3 is 0 Å². The predicted molar refractivity (Wildman–Crippen MR) is 70.9 cm³/mol. The number of oxazole rings is 1. The molecule has 0 spiro atoms. The summed E-state index contributed by atoms with van der Waals surface area (Å²) in [5, 5.41) is 3.56. The molecule has 0 aliphatic carbocycles. The number of nitrogens with zero attached hydrogens (tertiary/aromatic N) is 2. The first kappa shape index (κ1) is 12.7. The number of carbonyl (C=O) groups excluding carboxylic acids is 1. The number of piperidine rings is 1. The van der Waals surface area contributed by atoms with Gasteiger partial charge in [-0.2, -0.15) is 0 Å². The van der Waals surface area contributed by atoms with Crippen molar-refractivity contribution in [3.05, 3.63) is 17.8 Å². The largest absolute Gasteiger partial charge is 0.438 e. The number of aryl methyl sites for hydroxylation is 1. The highest BCUT2D eigenvalue weighted by Gasteiger charge is 2.32. The Balaban J connectivity index is 1.67. The Morgan fingerprint density at radius 2 is 2.37 bits per heavy atom. The fourth-order valence-electron chi connectivity index (χ4n) is 3.29. The lowest BCUT2D eigenvalue weighted by Gasteiger charge is -2.35. The van der Waals surface area contributed by atoms with Crippen molar-refractivity contribution in [2.75, 3.05) is 19.6 Å². The summed E-state index contributed by atoms with van der Waals surface area (Å²) in [5.74, 6) is 0.987. The minimum Gasteiger partial charge on any atom is -0.438 e. The fourth-order valence-corrected chi connectivity index (χ4v) is 3.29. The fraction of sp³-hybridized carbons (Fsp3) is 0.714. The van der Waals surface area contributed by atoms with Crippen LogP contribution < -0.4 is 5.32 Å². The summed E-state index contributed by atoms with van der Waals surface area (Å²) in [4.78, 5) is 18.3. The average molecular weight is 263 g/mol. The van der Waals surface area contributed by atoms with Gasteiger partial charge in [0.05, 0.1) is 5.69 Å². The van der Waals surface area contributed by atoms with Gasteiger partial charge in [-0.3, -0.25) is 4.79 Å². The van der Waals surface area contributed by atoms with Gasteiger partial charge in [-0.1, -0.05) is 0 Å². The van der Waals surface area contributed by atoms with E-state index < -0.39 is 0 Å². The number of hydrogen-bond donors (Lipinski definition) is 1. The third-order valence-electron chi connectivity index (χ3n) is 4.35. The Bertz CT molecular complexity index is 451. The zero-order chi connectivity index (χ0) is 13.2. The average Bonchev–Trinajstić information content (AvgIpc) is 3.09. The van der Waals surface area contributed by atoms with Crippen LogP contribution >= 0.6 is 0 Å². The lowest BCUT2D eigenvalue weighted by Crippen LogP contribution is -2.45. The Labute approximate surface area is 113 Å². The molecule has 0 aromatic carbocycles. The first-order valence-corrected chi connectivity index (χ1v) is 7.18. The second kappa shape index (κ2) is 5.33. The third-order valence-corrected chi connectivity index (χ3v) is 4.35. The lowest BCUT2D eigenvalue weighted by molar-refractivity contribution is 0.0618. The van der Waals surface area contributed by atoms with Crippen LogP contribution in [0.3, 0.4) is 0 Å². The Kier molecular flexibility index (Phi) is 3.55. The van der Waals surface area contributed by atoms with Crippen LogP contribution in [0.15, 0.2) is 10.8 Å². The number of aromatic nitrogens is 1. The van der Waals surface area contributed by atoms with E-state index in [-0.39, 0.29) is 5.91 Å². The number of likely N-dealkylation sites (tertiary alicyclic amines) is 1. The summed E-state index contributed by atoms with van der Waals surface area (Å²) < 4.78 is 5.22. The van der Waals surface area contributed by atoms with Crippen LogP contribution in [-0.4, -0.2) is 41.5 Å². The molecule has 0 bridgehead atoms. The van der Waals surface area contributed by atoms with Crippen molar-refractivity contribution in [2.45, 2.75) is 38.6 Å². The SMILES string of the molecule is Cc1ncoc1C(=O)N1CCCC(C2CCCN2)C1. The molecule has 1 aromatic heterocycles. The Morgan fingerprint density at radius 1 is 1.47 bits per heavy atom. The van der Waals surface area contributed by atoms with Gasteiger partial charge in [0.15, 0.2) is 6.39 Å². The van der Waals surface area contributed by atoms with E-state index >= 15 is 0 Å². The second-order valence-electron chi connectivity index (χ2n) is 5.62. The van der Waals surface area contributed by atoms with Crippen molar-refractivity contribution in [3.63, 3.8) is 0 Å². The molecule has 1 amide bonds. The Hall–Kier alpha value is -1.36. The first-order chi connectivity index (χ1) is 9.25. The molecule has 2 unspecified atom stereocenters. The minimum absolute atomic E-state index is 0.00213. The van der Waals surface area contributed by atoms with E-state index in [1.807, 2.05) is 11.8 Å². The van der Waals surface area contributed by atoms with E-state index in [0.717, 1.165) is 26.1 Å². The van der Waals surface area contributed by atoms with Crippen molar-refractivity contribution >= 4 is 5.91 Å². The zero-order valence-corrected chi connectivity index (χ0v) is 11.4. The highest BCUT2D eigenvalue weighted by Crippen LogP contribution is 2.26. The Morgan fingerprint density at radius 3 is 3.05 bits per heavy atom. The molecule has 2 fully saturated rings. The maximum atomic E-state index is 12.4. The number of hydrogen-bond acceptors (Lipinski definition) is 4. The van der Waals surface area contributed by atoms with Crippen LogP contribution in [0.2, 0.25) is 0 Å². The first-order valence-electron chi connectivity index (χ1n) is 7.18. The molecule has 3 heterocycles. The predicted octanol–water partition coefficient (Wildman–Crippen LogP) is 1.59. The van der Waals surface area contributed by atoms with Crippen molar-refractivity contribution in [2.24, 2.45) is 5.92 Å². The summed E-state index contributed by atoms with van der Waals surface area (Å²) in [6.07, 6.45) is 6.16. The van der Waals surface area contributed by atoms with Crippen LogP contribution in [0.5, 0.6) is 0 Å².